The van der Waals surface area contributed by atoms with Crippen molar-refractivity contribution in [2.75, 3.05) is 19.5 Å². The van der Waals surface area contributed by atoms with Crippen LogP contribution in [-0.2, 0) is 10.2 Å². The number of anilines is 1. The molecule has 1 amide bonds. The Hall–Kier alpha value is -2.69. The lowest BCUT2D eigenvalue weighted by molar-refractivity contribution is -0.118. The van der Waals surface area contributed by atoms with E-state index in [0.717, 1.165) is 18.4 Å². The van der Waals surface area contributed by atoms with Crippen LogP contribution in [0.25, 0.3) is 0 Å². The maximum atomic E-state index is 12.7. The Kier molecular flexibility index (Phi) is 3.86. The number of ether oxygens (including phenoxy) is 2. The van der Waals surface area contributed by atoms with Gasteiger partial charge in [-0.05, 0) is 42.7 Å². The van der Waals surface area contributed by atoms with Gasteiger partial charge in [0.25, 0.3) is 0 Å². The minimum absolute atomic E-state index is 0.0738. The van der Waals surface area contributed by atoms with E-state index in [1.165, 1.54) is 6.07 Å². The molecule has 23 heavy (non-hydrogen) atoms. The third kappa shape index (κ3) is 2.82. The number of aromatic hydroxyl groups is 1. The van der Waals surface area contributed by atoms with E-state index in [4.69, 9.17) is 9.47 Å². The Bertz CT molecular complexity index is 738. The summed E-state index contributed by atoms with van der Waals surface area (Å²) in [5.74, 6) is 1.30. The smallest absolute Gasteiger partial charge is 0.235 e. The highest BCUT2D eigenvalue weighted by molar-refractivity contribution is 6.01. The zero-order valence-corrected chi connectivity index (χ0v) is 13.1. The normalized spacial score (nSPS) is 14.9. The number of hydrogen-bond donors (Lipinski definition) is 2. The zero-order valence-electron chi connectivity index (χ0n) is 13.1. The van der Waals surface area contributed by atoms with Crippen molar-refractivity contribution in [2.45, 2.75) is 18.3 Å². The minimum Gasteiger partial charge on any atom is -0.508 e. The molecule has 2 aromatic carbocycles. The van der Waals surface area contributed by atoms with Crippen LogP contribution >= 0.6 is 0 Å². The molecule has 0 heterocycles. The molecule has 5 nitrogen and oxygen atoms in total. The standard InChI is InChI=1S/C18H19NO4/c1-22-15-7-6-12(10-16(15)23-2)18(8-9-18)17(21)19-13-4-3-5-14(20)11-13/h3-7,10-11,20H,8-9H2,1-2H3,(H,19,21). The van der Waals surface area contributed by atoms with Gasteiger partial charge in [-0.25, -0.2) is 0 Å². The lowest BCUT2D eigenvalue weighted by Gasteiger charge is -2.18. The third-order valence-electron chi connectivity index (χ3n) is 4.22. The Labute approximate surface area is 134 Å². The van der Waals surface area contributed by atoms with Crippen LogP contribution in [0, 0.1) is 0 Å². The molecule has 120 valence electrons. The Balaban J connectivity index is 1.85. The topological polar surface area (TPSA) is 67.8 Å². The molecular weight excluding hydrogens is 294 g/mol. The molecule has 1 saturated carbocycles. The van der Waals surface area contributed by atoms with Gasteiger partial charge in [-0.15, -0.1) is 0 Å². The van der Waals surface area contributed by atoms with E-state index in [1.54, 1.807) is 32.4 Å². The molecule has 1 aliphatic carbocycles. The predicted octanol–water partition coefficient (Wildman–Crippen LogP) is 3.08. The average molecular weight is 313 g/mol. The first-order chi connectivity index (χ1) is 11.1. The molecule has 2 aromatic rings. The van der Waals surface area contributed by atoms with Crippen molar-refractivity contribution in [2.24, 2.45) is 0 Å². The third-order valence-corrected chi connectivity index (χ3v) is 4.22. The number of carbonyl (C=O) groups excluding carboxylic acids is 1. The van der Waals surface area contributed by atoms with Crippen LogP contribution in [0.15, 0.2) is 42.5 Å². The van der Waals surface area contributed by atoms with E-state index in [2.05, 4.69) is 5.32 Å². The van der Waals surface area contributed by atoms with Crippen molar-refractivity contribution >= 4 is 11.6 Å². The number of amides is 1. The molecule has 0 aliphatic heterocycles. The van der Waals surface area contributed by atoms with Crippen LogP contribution in [-0.4, -0.2) is 25.2 Å². The van der Waals surface area contributed by atoms with Crippen LogP contribution in [0.3, 0.4) is 0 Å². The lowest BCUT2D eigenvalue weighted by atomic mass is 9.94. The Morgan fingerprint density at radius 3 is 2.43 bits per heavy atom. The fraction of sp³-hybridized carbons (Fsp3) is 0.278. The van der Waals surface area contributed by atoms with Crippen LogP contribution in [0.2, 0.25) is 0 Å². The van der Waals surface area contributed by atoms with E-state index >= 15 is 0 Å². The minimum atomic E-state index is -0.537. The maximum Gasteiger partial charge on any atom is 0.235 e. The van der Waals surface area contributed by atoms with E-state index in [-0.39, 0.29) is 11.7 Å². The number of carbonyl (C=O) groups is 1. The highest BCUT2D eigenvalue weighted by atomic mass is 16.5. The van der Waals surface area contributed by atoms with Crippen molar-refractivity contribution in [3.05, 3.63) is 48.0 Å². The molecule has 0 bridgehead atoms. The number of hydrogen-bond acceptors (Lipinski definition) is 4. The molecule has 0 aromatic heterocycles. The van der Waals surface area contributed by atoms with Gasteiger partial charge in [0.1, 0.15) is 5.75 Å². The quantitative estimate of drug-likeness (QED) is 0.890. The molecule has 0 unspecified atom stereocenters. The van der Waals surface area contributed by atoms with Gasteiger partial charge >= 0.3 is 0 Å². The molecule has 1 aliphatic rings. The summed E-state index contributed by atoms with van der Waals surface area (Å²) in [6.07, 6.45) is 1.57. The first-order valence-corrected chi connectivity index (χ1v) is 7.42. The number of phenols is 1. The van der Waals surface area contributed by atoms with Crippen molar-refractivity contribution in [1.82, 2.24) is 0 Å². The maximum absolute atomic E-state index is 12.7. The predicted molar refractivity (Wildman–Crippen MR) is 87.2 cm³/mol. The number of benzene rings is 2. The van der Waals surface area contributed by atoms with E-state index in [1.807, 2.05) is 18.2 Å². The zero-order chi connectivity index (χ0) is 16.4. The molecule has 0 atom stereocenters. The van der Waals surface area contributed by atoms with Crippen molar-refractivity contribution in [3.8, 4) is 17.2 Å². The van der Waals surface area contributed by atoms with Gasteiger partial charge in [0.2, 0.25) is 5.91 Å². The van der Waals surface area contributed by atoms with E-state index in [0.29, 0.717) is 17.2 Å². The average Bonchev–Trinajstić information content (AvgIpc) is 3.36. The van der Waals surface area contributed by atoms with Crippen LogP contribution in [0.4, 0.5) is 5.69 Å². The van der Waals surface area contributed by atoms with Crippen molar-refractivity contribution < 1.29 is 19.4 Å². The van der Waals surface area contributed by atoms with E-state index in [9.17, 15) is 9.90 Å². The van der Waals surface area contributed by atoms with Crippen LogP contribution in [0.1, 0.15) is 18.4 Å². The van der Waals surface area contributed by atoms with Gasteiger partial charge in [-0.2, -0.15) is 0 Å². The van der Waals surface area contributed by atoms with E-state index < -0.39 is 5.41 Å². The molecular formula is C18H19NO4. The second-order valence-electron chi connectivity index (χ2n) is 5.66. The summed E-state index contributed by atoms with van der Waals surface area (Å²) in [4.78, 5) is 12.7. The summed E-state index contributed by atoms with van der Waals surface area (Å²) < 4.78 is 10.6. The summed E-state index contributed by atoms with van der Waals surface area (Å²) in [5, 5.41) is 12.4. The number of nitrogens with one attached hydrogen (secondary N) is 1. The van der Waals surface area contributed by atoms with Gasteiger partial charge < -0.3 is 19.9 Å². The monoisotopic (exact) mass is 313 g/mol. The lowest BCUT2D eigenvalue weighted by Crippen LogP contribution is -2.27. The molecule has 0 saturated heterocycles. The van der Waals surface area contributed by atoms with Gasteiger partial charge in [-0.3, -0.25) is 4.79 Å². The fourth-order valence-corrected chi connectivity index (χ4v) is 2.74. The molecule has 5 heteroatoms. The van der Waals surface area contributed by atoms with Crippen molar-refractivity contribution in [3.63, 3.8) is 0 Å². The van der Waals surface area contributed by atoms with Gasteiger partial charge in [-0.1, -0.05) is 12.1 Å². The van der Waals surface area contributed by atoms with Gasteiger partial charge in [0.15, 0.2) is 11.5 Å². The van der Waals surface area contributed by atoms with Gasteiger partial charge in [0.05, 0.1) is 19.6 Å². The summed E-state index contributed by atoms with van der Waals surface area (Å²) in [6, 6.07) is 12.1. The fourth-order valence-electron chi connectivity index (χ4n) is 2.74. The summed E-state index contributed by atoms with van der Waals surface area (Å²) in [7, 11) is 3.16. The largest absolute Gasteiger partial charge is 0.508 e. The van der Waals surface area contributed by atoms with Crippen LogP contribution < -0.4 is 14.8 Å². The summed E-state index contributed by atoms with van der Waals surface area (Å²) >= 11 is 0. The number of methoxy groups -OCH3 is 2. The van der Waals surface area contributed by atoms with Crippen molar-refractivity contribution in [1.29, 1.82) is 0 Å². The first kappa shape index (κ1) is 15.2. The highest BCUT2D eigenvalue weighted by Gasteiger charge is 2.51. The molecule has 3 rings (SSSR count). The molecule has 0 radical (unpaired) electrons. The molecule has 0 spiro atoms. The SMILES string of the molecule is COc1ccc(C2(C(=O)Nc3cccc(O)c3)CC2)cc1OC. The highest BCUT2D eigenvalue weighted by Crippen LogP contribution is 2.50. The summed E-state index contributed by atoms with van der Waals surface area (Å²) in [5.41, 5.74) is 0.958. The second-order valence-corrected chi connectivity index (χ2v) is 5.66. The van der Waals surface area contributed by atoms with Crippen LogP contribution in [0.5, 0.6) is 17.2 Å². The number of phenolic OH excluding ortho intramolecular Hbond substituents is 1. The summed E-state index contributed by atoms with van der Waals surface area (Å²) in [6.45, 7) is 0. The Morgan fingerprint density at radius 1 is 1.09 bits per heavy atom. The number of rotatable bonds is 5. The molecule has 2 N–H and O–H groups in total. The Morgan fingerprint density at radius 2 is 1.83 bits per heavy atom. The van der Waals surface area contributed by atoms with Gasteiger partial charge in [0, 0.05) is 11.8 Å². The second kappa shape index (κ2) is 5.83. The molecule has 1 fully saturated rings. The first-order valence-electron chi connectivity index (χ1n) is 7.42.